The molecule has 0 unspecified atom stereocenters. The first-order valence-corrected chi connectivity index (χ1v) is 10.6. The molecule has 0 saturated carbocycles. The average Bonchev–Trinajstić information content (AvgIpc) is 2.67. The Labute approximate surface area is 175 Å². The maximum absolute atomic E-state index is 12.7. The number of ether oxygens (including phenoxy) is 2. The van der Waals surface area contributed by atoms with E-state index in [9.17, 15) is 13.2 Å². The fraction of sp³-hybridized carbons (Fsp3) is 0.235. The number of hydrogen-bond acceptors (Lipinski definition) is 6. The summed E-state index contributed by atoms with van der Waals surface area (Å²) in [6.07, 6.45) is 0. The number of nitrogens with one attached hydrogen (secondary N) is 1. The maximum atomic E-state index is 12.7. The van der Waals surface area contributed by atoms with Gasteiger partial charge in [0.25, 0.3) is 15.9 Å². The number of hydroxylamine groups is 1. The molecule has 28 heavy (non-hydrogen) atoms. The third kappa shape index (κ3) is 4.11. The predicted octanol–water partition coefficient (Wildman–Crippen LogP) is 3.31. The molecule has 1 aliphatic heterocycles. The van der Waals surface area contributed by atoms with Crippen molar-refractivity contribution in [2.24, 2.45) is 0 Å². The predicted molar refractivity (Wildman–Crippen MR) is 106 cm³/mol. The van der Waals surface area contributed by atoms with Crippen molar-refractivity contribution in [1.82, 2.24) is 4.47 Å². The van der Waals surface area contributed by atoms with E-state index in [0.717, 1.165) is 0 Å². The summed E-state index contributed by atoms with van der Waals surface area (Å²) < 4.78 is 37.2. The lowest BCUT2D eigenvalue weighted by Crippen LogP contribution is -2.26. The summed E-state index contributed by atoms with van der Waals surface area (Å²) in [6.45, 7) is 0.858. The molecule has 2 aromatic carbocycles. The minimum atomic E-state index is -4.02. The van der Waals surface area contributed by atoms with Gasteiger partial charge in [0, 0.05) is 29.2 Å². The molecule has 8 nitrogen and oxygen atoms in total. The number of halogens is 2. The second kappa shape index (κ2) is 8.26. The first-order chi connectivity index (χ1) is 13.2. The van der Waals surface area contributed by atoms with Crippen LogP contribution in [0.4, 0.5) is 5.69 Å². The van der Waals surface area contributed by atoms with Gasteiger partial charge in [-0.15, -0.1) is 0 Å². The fourth-order valence-corrected chi connectivity index (χ4v) is 4.33. The molecule has 0 aromatic heterocycles. The van der Waals surface area contributed by atoms with Crippen molar-refractivity contribution >= 4 is 49.1 Å². The van der Waals surface area contributed by atoms with Crippen LogP contribution in [0, 0.1) is 0 Å². The SMILES string of the molecule is CON(C)S(=O)(=O)c1cc(C(=O)Nc2cc3c(cc2Br)OCCO3)ccc1Cl. The van der Waals surface area contributed by atoms with Crippen LogP contribution in [0.2, 0.25) is 5.02 Å². The molecular weight excluding hydrogens is 476 g/mol. The number of anilines is 1. The van der Waals surface area contributed by atoms with Gasteiger partial charge in [-0.3, -0.25) is 9.63 Å². The van der Waals surface area contributed by atoms with Crippen molar-refractivity contribution in [3.63, 3.8) is 0 Å². The van der Waals surface area contributed by atoms with Gasteiger partial charge in [-0.05, 0) is 34.1 Å². The summed E-state index contributed by atoms with van der Waals surface area (Å²) >= 11 is 9.39. The van der Waals surface area contributed by atoms with Crippen LogP contribution >= 0.6 is 27.5 Å². The molecule has 0 atom stereocenters. The van der Waals surface area contributed by atoms with Crippen LogP contribution in [0.1, 0.15) is 10.4 Å². The van der Waals surface area contributed by atoms with Crippen LogP contribution in [0.3, 0.4) is 0 Å². The lowest BCUT2D eigenvalue weighted by atomic mass is 10.2. The largest absolute Gasteiger partial charge is 0.486 e. The molecule has 0 aliphatic carbocycles. The molecule has 0 radical (unpaired) electrons. The standard InChI is InChI=1S/C17H16BrClN2O6S/c1-21(25-2)28(23,24)16-7-10(3-4-12(16)19)17(22)20-13-9-15-14(8-11(13)18)26-5-6-27-15/h3-4,7-9H,5-6H2,1-2H3,(H,20,22). The summed E-state index contributed by atoms with van der Waals surface area (Å²) in [6, 6.07) is 7.27. The summed E-state index contributed by atoms with van der Waals surface area (Å²) in [5.74, 6) is 0.551. The number of hydrogen-bond donors (Lipinski definition) is 1. The van der Waals surface area contributed by atoms with Crippen LogP contribution in [0.5, 0.6) is 11.5 Å². The van der Waals surface area contributed by atoms with E-state index in [-0.39, 0.29) is 15.5 Å². The van der Waals surface area contributed by atoms with Crippen LogP contribution in [0.25, 0.3) is 0 Å². The smallest absolute Gasteiger partial charge is 0.266 e. The highest BCUT2D eigenvalue weighted by atomic mass is 79.9. The van der Waals surface area contributed by atoms with E-state index in [1.54, 1.807) is 12.1 Å². The number of nitrogens with zero attached hydrogens (tertiary/aromatic N) is 1. The number of benzene rings is 2. The maximum Gasteiger partial charge on any atom is 0.266 e. The third-order valence-corrected chi connectivity index (χ3v) is 6.76. The van der Waals surface area contributed by atoms with Gasteiger partial charge in [-0.25, -0.2) is 8.42 Å². The Hall–Kier alpha value is -1.85. The second-order valence-corrected chi connectivity index (χ2v) is 8.84. The summed E-state index contributed by atoms with van der Waals surface area (Å²) in [5, 5.41) is 2.69. The van der Waals surface area contributed by atoms with E-state index in [0.29, 0.717) is 39.3 Å². The van der Waals surface area contributed by atoms with Crippen molar-refractivity contribution in [2.75, 3.05) is 32.7 Å². The molecular formula is C17H16BrClN2O6S. The molecule has 1 N–H and O–H groups in total. The molecule has 1 amide bonds. The second-order valence-electron chi connectivity index (χ2n) is 5.67. The first-order valence-electron chi connectivity index (χ1n) is 7.97. The van der Waals surface area contributed by atoms with Crippen LogP contribution in [0.15, 0.2) is 39.7 Å². The molecule has 11 heteroatoms. The van der Waals surface area contributed by atoms with E-state index in [2.05, 4.69) is 21.2 Å². The molecule has 1 heterocycles. The van der Waals surface area contributed by atoms with Crippen LogP contribution in [-0.2, 0) is 14.9 Å². The summed E-state index contributed by atoms with van der Waals surface area (Å²) in [4.78, 5) is 17.2. The lowest BCUT2D eigenvalue weighted by molar-refractivity contribution is -0.0258. The van der Waals surface area contributed by atoms with Crippen LogP contribution < -0.4 is 14.8 Å². The average molecular weight is 492 g/mol. The molecule has 1 aliphatic rings. The molecule has 3 rings (SSSR count). The Morgan fingerprint density at radius 3 is 2.50 bits per heavy atom. The molecule has 2 aromatic rings. The zero-order valence-corrected chi connectivity index (χ0v) is 18.0. The Bertz CT molecular complexity index is 1030. The van der Waals surface area contributed by atoms with Crippen molar-refractivity contribution < 1.29 is 27.5 Å². The summed E-state index contributed by atoms with van der Waals surface area (Å²) in [7, 11) is -1.58. The van der Waals surface area contributed by atoms with Crippen molar-refractivity contribution in [1.29, 1.82) is 0 Å². The highest BCUT2D eigenvalue weighted by Crippen LogP contribution is 2.38. The van der Waals surface area contributed by atoms with Crippen molar-refractivity contribution in [3.8, 4) is 11.5 Å². The number of carbonyl (C=O) groups excluding carboxylic acids is 1. The van der Waals surface area contributed by atoms with Gasteiger partial charge in [-0.1, -0.05) is 16.1 Å². The lowest BCUT2D eigenvalue weighted by Gasteiger charge is -2.20. The summed E-state index contributed by atoms with van der Waals surface area (Å²) in [5.41, 5.74) is 0.553. The number of amides is 1. The quantitative estimate of drug-likeness (QED) is 0.645. The van der Waals surface area contributed by atoms with Gasteiger partial charge >= 0.3 is 0 Å². The monoisotopic (exact) mass is 490 g/mol. The molecule has 0 saturated heterocycles. The van der Waals surface area contributed by atoms with Gasteiger partial charge in [0.1, 0.15) is 18.1 Å². The minimum absolute atomic E-state index is 0.0269. The van der Waals surface area contributed by atoms with Crippen LogP contribution in [-0.4, -0.2) is 46.2 Å². The molecule has 0 spiro atoms. The van der Waals surface area contributed by atoms with Gasteiger partial charge in [0.2, 0.25) is 0 Å². The number of carbonyl (C=O) groups is 1. The number of sulfonamides is 1. The fourth-order valence-electron chi connectivity index (χ4n) is 2.43. The number of fused-ring (bicyclic) bond motifs is 1. The Balaban J connectivity index is 1.91. The highest BCUT2D eigenvalue weighted by Gasteiger charge is 2.25. The first kappa shape index (κ1) is 20.9. The Morgan fingerprint density at radius 1 is 1.21 bits per heavy atom. The van der Waals surface area contributed by atoms with E-state index in [1.807, 2.05) is 0 Å². The third-order valence-electron chi connectivity index (χ3n) is 3.95. The van der Waals surface area contributed by atoms with Crippen molar-refractivity contribution in [2.45, 2.75) is 4.90 Å². The van der Waals surface area contributed by atoms with Crippen molar-refractivity contribution in [3.05, 3.63) is 45.4 Å². The zero-order valence-electron chi connectivity index (χ0n) is 14.9. The Kier molecular flexibility index (Phi) is 6.15. The molecule has 0 fully saturated rings. The van der Waals surface area contributed by atoms with Gasteiger partial charge in [0.05, 0.1) is 17.8 Å². The van der Waals surface area contributed by atoms with Gasteiger partial charge < -0.3 is 14.8 Å². The van der Waals surface area contributed by atoms with E-state index in [1.165, 1.54) is 32.4 Å². The normalized spacial score (nSPS) is 13.5. The molecule has 150 valence electrons. The van der Waals surface area contributed by atoms with Gasteiger partial charge in [-0.2, -0.15) is 0 Å². The topological polar surface area (TPSA) is 94.2 Å². The zero-order chi connectivity index (χ0) is 20.5. The Morgan fingerprint density at radius 2 is 1.86 bits per heavy atom. The highest BCUT2D eigenvalue weighted by molar-refractivity contribution is 9.10. The minimum Gasteiger partial charge on any atom is -0.486 e. The van der Waals surface area contributed by atoms with E-state index in [4.69, 9.17) is 25.9 Å². The van der Waals surface area contributed by atoms with E-state index >= 15 is 0 Å². The number of rotatable bonds is 5. The molecule has 0 bridgehead atoms. The van der Waals surface area contributed by atoms with Gasteiger partial charge in [0.15, 0.2) is 11.5 Å². The van der Waals surface area contributed by atoms with E-state index < -0.39 is 15.9 Å².